The molecule has 0 N–H and O–H groups in total. The maximum Gasteiger partial charge on any atom is 0.258 e. The maximum atomic E-state index is 13.4. The molecule has 172 valence electrons. The lowest BCUT2D eigenvalue weighted by Crippen LogP contribution is -2.47. The number of nitrogens with zero attached hydrogens (tertiary/aromatic N) is 5. The zero-order valence-electron chi connectivity index (χ0n) is 18.8. The first-order valence-corrected chi connectivity index (χ1v) is 11.1. The number of halogens is 1. The highest BCUT2D eigenvalue weighted by Crippen LogP contribution is 2.30. The summed E-state index contributed by atoms with van der Waals surface area (Å²) >= 11 is 6.12. The first kappa shape index (κ1) is 22.8. The van der Waals surface area contributed by atoms with E-state index in [1.54, 1.807) is 46.1 Å². The van der Waals surface area contributed by atoms with Crippen molar-refractivity contribution in [2.75, 3.05) is 20.7 Å². The van der Waals surface area contributed by atoms with Crippen LogP contribution in [0, 0.1) is 0 Å². The molecule has 2 unspecified atom stereocenters. The molecule has 2 atom stereocenters. The standard InChI is InChI=1S/C24H26ClN5O3/c1-16(17-6-9-19(10-7-17)30-15-26-14-27-30)28(2)24(32)21-5-4-12-29(21)23(31)20-13-18(25)8-11-22(20)33-3/h6-11,13-16,21H,4-5,12H2,1-3H3. The summed E-state index contributed by atoms with van der Waals surface area (Å²) in [6, 6.07) is 12.1. The molecule has 0 saturated carbocycles. The van der Waals surface area contributed by atoms with Crippen LogP contribution in [-0.2, 0) is 4.79 Å². The van der Waals surface area contributed by atoms with Gasteiger partial charge in [0.1, 0.15) is 24.4 Å². The second-order valence-electron chi connectivity index (χ2n) is 8.06. The quantitative estimate of drug-likeness (QED) is 0.551. The maximum absolute atomic E-state index is 13.4. The second-order valence-corrected chi connectivity index (χ2v) is 8.49. The first-order chi connectivity index (χ1) is 15.9. The van der Waals surface area contributed by atoms with Crippen LogP contribution in [0.15, 0.2) is 55.1 Å². The Bertz CT molecular complexity index is 1130. The highest BCUT2D eigenvalue weighted by Gasteiger charge is 2.38. The van der Waals surface area contributed by atoms with Crippen LogP contribution in [0.3, 0.4) is 0 Å². The number of carbonyl (C=O) groups excluding carboxylic acids is 2. The van der Waals surface area contributed by atoms with E-state index in [2.05, 4.69) is 10.1 Å². The van der Waals surface area contributed by atoms with E-state index in [-0.39, 0.29) is 17.9 Å². The molecule has 0 spiro atoms. The topological polar surface area (TPSA) is 80.6 Å². The Morgan fingerprint density at radius 2 is 1.97 bits per heavy atom. The Labute approximate surface area is 197 Å². The SMILES string of the molecule is COc1ccc(Cl)cc1C(=O)N1CCCC1C(=O)N(C)C(C)c1ccc(-n2cncn2)cc1. The van der Waals surface area contributed by atoms with Crippen molar-refractivity contribution in [2.45, 2.75) is 31.8 Å². The van der Waals surface area contributed by atoms with Crippen molar-refractivity contribution in [3.63, 3.8) is 0 Å². The van der Waals surface area contributed by atoms with Crippen LogP contribution in [0.1, 0.15) is 41.7 Å². The van der Waals surface area contributed by atoms with Gasteiger partial charge in [-0.1, -0.05) is 23.7 Å². The Balaban J connectivity index is 1.50. The molecule has 0 radical (unpaired) electrons. The molecule has 8 nitrogen and oxygen atoms in total. The lowest BCUT2D eigenvalue weighted by atomic mass is 10.0. The molecular formula is C24H26ClN5O3. The highest BCUT2D eigenvalue weighted by atomic mass is 35.5. The van der Waals surface area contributed by atoms with Gasteiger partial charge in [0.25, 0.3) is 5.91 Å². The number of amides is 2. The molecule has 1 aliphatic heterocycles. The molecule has 0 aliphatic carbocycles. The van der Waals surface area contributed by atoms with Crippen LogP contribution in [0.2, 0.25) is 5.02 Å². The average molecular weight is 468 g/mol. The number of aromatic nitrogens is 3. The number of ether oxygens (including phenoxy) is 1. The summed E-state index contributed by atoms with van der Waals surface area (Å²) in [5, 5.41) is 4.58. The number of methoxy groups -OCH3 is 1. The molecule has 33 heavy (non-hydrogen) atoms. The molecule has 2 aromatic carbocycles. The van der Waals surface area contributed by atoms with E-state index in [4.69, 9.17) is 16.3 Å². The predicted octanol–water partition coefficient (Wildman–Crippen LogP) is 3.75. The second kappa shape index (κ2) is 9.62. The molecule has 4 rings (SSSR count). The van der Waals surface area contributed by atoms with Gasteiger partial charge in [0.05, 0.1) is 24.4 Å². The number of likely N-dealkylation sites (tertiary alicyclic amines) is 1. The molecule has 2 amide bonds. The van der Waals surface area contributed by atoms with Gasteiger partial charge < -0.3 is 14.5 Å². The molecule has 2 heterocycles. The molecule has 1 fully saturated rings. The van der Waals surface area contributed by atoms with Crippen molar-refractivity contribution in [2.24, 2.45) is 0 Å². The minimum atomic E-state index is -0.525. The summed E-state index contributed by atoms with van der Waals surface area (Å²) in [5.74, 6) is 0.106. The number of carbonyl (C=O) groups is 2. The summed E-state index contributed by atoms with van der Waals surface area (Å²) in [7, 11) is 3.29. The summed E-state index contributed by atoms with van der Waals surface area (Å²) in [4.78, 5) is 34.0. The highest BCUT2D eigenvalue weighted by molar-refractivity contribution is 6.31. The minimum Gasteiger partial charge on any atom is -0.496 e. The van der Waals surface area contributed by atoms with E-state index in [0.29, 0.717) is 29.3 Å². The molecule has 0 bridgehead atoms. The zero-order valence-corrected chi connectivity index (χ0v) is 19.6. The summed E-state index contributed by atoms with van der Waals surface area (Å²) in [6.45, 7) is 2.49. The molecular weight excluding hydrogens is 442 g/mol. The number of rotatable bonds is 6. The van der Waals surface area contributed by atoms with Crippen molar-refractivity contribution >= 4 is 23.4 Å². The Morgan fingerprint density at radius 1 is 1.21 bits per heavy atom. The smallest absolute Gasteiger partial charge is 0.258 e. The molecule has 1 saturated heterocycles. The fourth-order valence-corrected chi connectivity index (χ4v) is 4.34. The van der Waals surface area contributed by atoms with Crippen molar-refractivity contribution in [1.29, 1.82) is 0 Å². The van der Waals surface area contributed by atoms with Gasteiger partial charge in [-0.15, -0.1) is 0 Å². The largest absolute Gasteiger partial charge is 0.496 e. The first-order valence-electron chi connectivity index (χ1n) is 10.8. The van der Waals surface area contributed by atoms with Gasteiger partial charge in [0.15, 0.2) is 0 Å². The van der Waals surface area contributed by atoms with Crippen molar-refractivity contribution < 1.29 is 14.3 Å². The third kappa shape index (κ3) is 4.57. The van der Waals surface area contributed by atoms with E-state index in [1.165, 1.54) is 13.4 Å². The van der Waals surface area contributed by atoms with Gasteiger partial charge >= 0.3 is 0 Å². The van der Waals surface area contributed by atoms with Crippen LogP contribution in [0.25, 0.3) is 5.69 Å². The number of likely N-dealkylation sites (N-methyl/N-ethyl adjacent to an activating group) is 1. The zero-order chi connectivity index (χ0) is 23.5. The molecule has 3 aromatic rings. The fourth-order valence-electron chi connectivity index (χ4n) is 4.17. The molecule has 1 aromatic heterocycles. The van der Waals surface area contributed by atoms with E-state index in [0.717, 1.165) is 17.7 Å². The van der Waals surface area contributed by atoms with Crippen LogP contribution in [-0.4, -0.2) is 63.1 Å². The lowest BCUT2D eigenvalue weighted by Gasteiger charge is -2.32. The van der Waals surface area contributed by atoms with Crippen LogP contribution in [0.4, 0.5) is 0 Å². The monoisotopic (exact) mass is 467 g/mol. The molecule has 1 aliphatic rings. The molecule has 9 heteroatoms. The number of hydrogen-bond acceptors (Lipinski definition) is 5. The van der Waals surface area contributed by atoms with E-state index in [9.17, 15) is 9.59 Å². The lowest BCUT2D eigenvalue weighted by molar-refractivity contribution is -0.135. The third-order valence-electron chi connectivity index (χ3n) is 6.18. The number of hydrogen-bond donors (Lipinski definition) is 0. The van der Waals surface area contributed by atoms with E-state index < -0.39 is 6.04 Å². The van der Waals surface area contributed by atoms with Crippen LogP contribution < -0.4 is 4.74 Å². The van der Waals surface area contributed by atoms with Crippen molar-refractivity contribution in [3.8, 4) is 11.4 Å². The van der Waals surface area contributed by atoms with Gasteiger partial charge in [-0.2, -0.15) is 5.10 Å². The van der Waals surface area contributed by atoms with Crippen molar-refractivity contribution in [3.05, 3.63) is 71.3 Å². The fraction of sp³-hybridized carbons (Fsp3) is 0.333. The van der Waals surface area contributed by atoms with Crippen LogP contribution in [0.5, 0.6) is 5.75 Å². The summed E-state index contributed by atoms with van der Waals surface area (Å²) < 4.78 is 7.02. The third-order valence-corrected chi connectivity index (χ3v) is 6.41. The number of benzene rings is 2. The van der Waals surface area contributed by atoms with Gasteiger partial charge in [-0.05, 0) is 55.7 Å². The summed E-state index contributed by atoms with van der Waals surface area (Å²) in [6.07, 6.45) is 4.50. The van der Waals surface area contributed by atoms with Crippen LogP contribution >= 0.6 is 11.6 Å². The van der Waals surface area contributed by atoms with E-state index >= 15 is 0 Å². The summed E-state index contributed by atoms with van der Waals surface area (Å²) in [5.41, 5.74) is 2.24. The minimum absolute atomic E-state index is 0.0882. The van der Waals surface area contributed by atoms with Gasteiger partial charge in [0.2, 0.25) is 5.91 Å². The Hall–Kier alpha value is -3.39. The van der Waals surface area contributed by atoms with Crippen molar-refractivity contribution in [1.82, 2.24) is 24.6 Å². The normalized spacial score (nSPS) is 16.5. The Kier molecular flexibility index (Phi) is 6.65. The van der Waals surface area contributed by atoms with Gasteiger partial charge in [0, 0.05) is 18.6 Å². The van der Waals surface area contributed by atoms with Gasteiger partial charge in [-0.25, -0.2) is 9.67 Å². The average Bonchev–Trinajstić information content (AvgIpc) is 3.55. The van der Waals surface area contributed by atoms with E-state index in [1.807, 2.05) is 31.2 Å². The predicted molar refractivity (Wildman–Crippen MR) is 125 cm³/mol. The Morgan fingerprint density at radius 3 is 2.64 bits per heavy atom. The van der Waals surface area contributed by atoms with Gasteiger partial charge in [-0.3, -0.25) is 9.59 Å².